The van der Waals surface area contributed by atoms with Gasteiger partial charge in [-0.15, -0.1) is 0 Å². The van der Waals surface area contributed by atoms with Crippen LogP contribution in [0.25, 0.3) is 11.1 Å². The molecule has 3 aromatic rings. The van der Waals surface area contributed by atoms with Gasteiger partial charge in [-0.3, -0.25) is 11.5 Å². The molecule has 120 valence electrons. The number of hydrogen-bond acceptors (Lipinski definition) is 5. The van der Waals surface area contributed by atoms with Crippen molar-refractivity contribution in [1.82, 2.24) is 10.3 Å². The highest BCUT2D eigenvalue weighted by atomic mass is 16.5. The number of nitrogens with zero attached hydrogens (tertiary/aromatic N) is 1. The van der Waals surface area contributed by atoms with E-state index in [0.717, 1.165) is 28.2 Å². The summed E-state index contributed by atoms with van der Waals surface area (Å²) in [6.45, 7) is 0. The maximum Gasteiger partial charge on any atom is 0.170 e. The lowest BCUT2D eigenvalue weighted by Gasteiger charge is -2.28. The van der Waals surface area contributed by atoms with E-state index in [1.54, 1.807) is 0 Å². The average Bonchev–Trinajstić information content (AvgIpc) is 3.02. The van der Waals surface area contributed by atoms with Crippen molar-refractivity contribution in [3.8, 4) is 22.6 Å². The first kappa shape index (κ1) is 14.5. The van der Waals surface area contributed by atoms with Crippen molar-refractivity contribution in [2.24, 2.45) is 16.5 Å². The fourth-order valence-corrected chi connectivity index (χ4v) is 2.76. The van der Waals surface area contributed by atoms with Gasteiger partial charge in [-0.25, -0.2) is 4.99 Å². The number of aromatic amines is 1. The Kier molecular flexibility index (Phi) is 3.34. The first-order chi connectivity index (χ1) is 11.6. The van der Waals surface area contributed by atoms with Crippen LogP contribution >= 0.6 is 0 Å². The molecule has 6 nitrogen and oxygen atoms in total. The van der Waals surface area contributed by atoms with E-state index in [4.69, 9.17) is 16.2 Å². The van der Waals surface area contributed by atoms with E-state index in [2.05, 4.69) is 15.3 Å². The molecule has 0 amide bonds. The Morgan fingerprint density at radius 1 is 0.917 bits per heavy atom. The molecule has 0 unspecified atom stereocenters. The van der Waals surface area contributed by atoms with E-state index in [1.165, 1.54) is 6.34 Å². The summed E-state index contributed by atoms with van der Waals surface area (Å²) < 4.78 is 5.81. The van der Waals surface area contributed by atoms with Crippen LogP contribution in [0.2, 0.25) is 0 Å². The highest BCUT2D eigenvalue weighted by molar-refractivity contribution is 5.78. The monoisotopic (exact) mass is 319 g/mol. The second kappa shape index (κ2) is 5.52. The number of fused-ring (bicyclic) bond motifs is 1. The highest BCUT2D eigenvalue weighted by Crippen LogP contribution is 2.36. The third-order valence-electron chi connectivity index (χ3n) is 3.91. The van der Waals surface area contributed by atoms with Crippen molar-refractivity contribution in [2.75, 3.05) is 0 Å². The molecule has 0 bridgehead atoms. The Bertz CT molecular complexity index is 882. The summed E-state index contributed by atoms with van der Waals surface area (Å²) >= 11 is 0. The molecule has 0 atom stereocenters. The Labute approximate surface area is 139 Å². The summed E-state index contributed by atoms with van der Waals surface area (Å²) in [6.07, 6.45) is 3.36. The number of hydrogen-bond donors (Lipinski definition) is 4. The van der Waals surface area contributed by atoms with Crippen LogP contribution in [-0.4, -0.2) is 11.3 Å². The topological polar surface area (TPSA) is 101 Å². The fraction of sp³-hybridized carbons (Fsp3) is 0.0556. The normalized spacial score (nSPS) is 14.8. The molecule has 0 saturated carbocycles. The lowest BCUT2D eigenvalue weighted by molar-refractivity contribution is 0.430. The molecule has 0 fully saturated rings. The predicted molar refractivity (Wildman–Crippen MR) is 94.1 cm³/mol. The molecular weight excluding hydrogens is 302 g/mol. The Hall–Kier alpha value is -3.09. The molecule has 2 aromatic carbocycles. The van der Waals surface area contributed by atoms with Crippen molar-refractivity contribution in [1.29, 1.82) is 0 Å². The van der Waals surface area contributed by atoms with Crippen LogP contribution in [0.15, 0.2) is 65.8 Å². The number of rotatable bonds is 3. The van der Waals surface area contributed by atoms with Crippen LogP contribution in [-0.2, 0) is 5.79 Å². The molecule has 4 rings (SSSR count). The van der Waals surface area contributed by atoms with Crippen molar-refractivity contribution in [3.05, 3.63) is 66.4 Å². The summed E-state index contributed by atoms with van der Waals surface area (Å²) in [5.41, 5.74) is 14.9. The van der Waals surface area contributed by atoms with Gasteiger partial charge in [0.05, 0.1) is 11.9 Å². The fourth-order valence-electron chi connectivity index (χ4n) is 2.76. The minimum absolute atomic E-state index is 0.665. The van der Waals surface area contributed by atoms with Crippen LogP contribution < -0.4 is 21.5 Å². The molecule has 1 aliphatic heterocycles. The van der Waals surface area contributed by atoms with Gasteiger partial charge in [0.25, 0.3) is 0 Å². The number of para-hydroxylation sites is 1. The van der Waals surface area contributed by atoms with Gasteiger partial charge in [-0.2, -0.15) is 0 Å². The zero-order valence-corrected chi connectivity index (χ0v) is 12.9. The van der Waals surface area contributed by atoms with Gasteiger partial charge in [-0.1, -0.05) is 30.3 Å². The van der Waals surface area contributed by atoms with E-state index in [1.807, 2.05) is 60.8 Å². The summed E-state index contributed by atoms with van der Waals surface area (Å²) in [5, 5.41) is 2.87. The lowest BCUT2D eigenvalue weighted by atomic mass is 9.99. The molecular formula is C18H17N5O. The Morgan fingerprint density at radius 3 is 2.38 bits per heavy atom. The standard InChI is InChI=1S/C18H17N5O/c19-18(20)16-15(10-21-17(16)22-11-23-18)12-6-8-14(9-7-12)24-13-4-2-1-3-5-13/h1-11,21H,19-20H2,(H,22,23). The van der Waals surface area contributed by atoms with E-state index >= 15 is 0 Å². The van der Waals surface area contributed by atoms with E-state index < -0.39 is 5.79 Å². The van der Waals surface area contributed by atoms with Gasteiger partial charge < -0.3 is 15.0 Å². The van der Waals surface area contributed by atoms with Crippen LogP contribution in [0.4, 0.5) is 5.82 Å². The summed E-state index contributed by atoms with van der Waals surface area (Å²) in [4.78, 5) is 7.34. The van der Waals surface area contributed by atoms with Gasteiger partial charge in [0, 0.05) is 11.8 Å². The quantitative estimate of drug-likeness (QED) is 0.557. The molecule has 0 aliphatic carbocycles. The first-order valence-electron chi connectivity index (χ1n) is 7.57. The maximum atomic E-state index is 6.13. The van der Waals surface area contributed by atoms with Crippen LogP contribution in [0.5, 0.6) is 11.5 Å². The average molecular weight is 319 g/mol. The predicted octanol–water partition coefficient (Wildman–Crippen LogP) is 2.76. The second-order valence-corrected chi connectivity index (χ2v) is 5.64. The SMILES string of the molecule is NC1(N)NC=Nc2[nH]cc(-c3ccc(Oc4ccccc4)cc3)c21. The molecule has 0 radical (unpaired) electrons. The zero-order valence-electron chi connectivity index (χ0n) is 12.9. The number of nitrogens with one attached hydrogen (secondary N) is 2. The molecule has 6 heteroatoms. The maximum absolute atomic E-state index is 6.13. The number of benzene rings is 2. The smallest absolute Gasteiger partial charge is 0.170 e. The van der Waals surface area contributed by atoms with Gasteiger partial charge in [-0.05, 0) is 29.8 Å². The third kappa shape index (κ3) is 2.54. The molecule has 6 N–H and O–H groups in total. The molecule has 0 saturated heterocycles. The number of aromatic nitrogens is 1. The molecule has 2 heterocycles. The third-order valence-corrected chi connectivity index (χ3v) is 3.91. The Balaban J connectivity index is 1.65. The van der Waals surface area contributed by atoms with Crippen molar-refractivity contribution < 1.29 is 4.74 Å². The van der Waals surface area contributed by atoms with Gasteiger partial charge >= 0.3 is 0 Å². The second-order valence-electron chi connectivity index (χ2n) is 5.64. The van der Waals surface area contributed by atoms with Crippen molar-refractivity contribution >= 4 is 12.2 Å². The van der Waals surface area contributed by atoms with Crippen molar-refractivity contribution in [3.63, 3.8) is 0 Å². The minimum atomic E-state index is -1.16. The van der Waals surface area contributed by atoms with E-state index in [-0.39, 0.29) is 0 Å². The lowest BCUT2D eigenvalue weighted by Crippen LogP contribution is -2.58. The number of nitrogens with two attached hydrogens (primary N) is 2. The largest absolute Gasteiger partial charge is 0.457 e. The van der Waals surface area contributed by atoms with E-state index in [9.17, 15) is 0 Å². The number of H-pyrrole nitrogens is 1. The minimum Gasteiger partial charge on any atom is -0.457 e. The van der Waals surface area contributed by atoms with Gasteiger partial charge in [0.1, 0.15) is 17.3 Å². The zero-order chi connectivity index (χ0) is 16.6. The molecule has 0 spiro atoms. The van der Waals surface area contributed by atoms with Crippen molar-refractivity contribution in [2.45, 2.75) is 5.79 Å². The highest BCUT2D eigenvalue weighted by Gasteiger charge is 2.31. The molecule has 24 heavy (non-hydrogen) atoms. The van der Waals surface area contributed by atoms with Crippen LogP contribution in [0.3, 0.4) is 0 Å². The summed E-state index contributed by atoms with van der Waals surface area (Å²) in [7, 11) is 0. The van der Waals surface area contributed by atoms with Gasteiger partial charge in [0.2, 0.25) is 0 Å². The summed E-state index contributed by atoms with van der Waals surface area (Å²) in [5.74, 6) is 1.06. The number of aliphatic imine (C=N–C) groups is 1. The Morgan fingerprint density at radius 2 is 1.62 bits per heavy atom. The molecule has 1 aromatic heterocycles. The molecule has 1 aliphatic rings. The number of ether oxygens (including phenoxy) is 1. The van der Waals surface area contributed by atoms with Crippen LogP contribution in [0.1, 0.15) is 5.56 Å². The first-order valence-corrected chi connectivity index (χ1v) is 7.57. The summed E-state index contributed by atoms with van der Waals surface area (Å²) in [6, 6.07) is 17.4. The van der Waals surface area contributed by atoms with E-state index in [0.29, 0.717) is 5.82 Å². The van der Waals surface area contributed by atoms with Gasteiger partial charge in [0.15, 0.2) is 5.79 Å². The van der Waals surface area contributed by atoms with Crippen LogP contribution in [0, 0.1) is 0 Å².